The maximum atomic E-state index is 11.7. The van der Waals surface area contributed by atoms with Crippen molar-refractivity contribution in [3.63, 3.8) is 0 Å². The first-order valence-corrected chi connectivity index (χ1v) is 5.87. The van der Waals surface area contributed by atoms with Gasteiger partial charge in [0.05, 0.1) is 6.04 Å². The molecule has 88 valence electrons. The molecule has 0 radical (unpaired) electrons. The van der Waals surface area contributed by atoms with Crippen molar-refractivity contribution >= 4 is 10.9 Å². The standard InChI is InChI=1S/C14H16N2O/c1-14(2)13(16(14)3)10-8-12(17)15-11-7-5-4-6-9(10)11/h4-8,13H,1-3H3,(H,15,17). The summed E-state index contributed by atoms with van der Waals surface area (Å²) in [5, 5.41) is 1.15. The number of hydrogen-bond acceptors (Lipinski definition) is 2. The normalized spacial score (nSPS) is 26.1. The van der Waals surface area contributed by atoms with Gasteiger partial charge >= 0.3 is 0 Å². The monoisotopic (exact) mass is 228 g/mol. The number of rotatable bonds is 1. The number of para-hydroxylation sites is 1. The minimum Gasteiger partial charge on any atom is -0.322 e. The molecule has 0 spiro atoms. The van der Waals surface area contributed by atoms with Gasteiger partial charge in [0.15, 0.2) is 0 Å². The lowest BCUT2D eigenvalue weighted by Gasteiger charge is -2.05. The lowest BCUT2D eigenvalue weighted by atomic mass is 9.99. The number of fused-ring (bicyclic) bond motifs is 1. The van der Waals surface area contributed by atoms with Crippen molar-refractivity contribution < 1.29 is 0 Å². The van der Waals surface area contributed by atoms with Gasteiger partial charge < -0.3 is 4.98 Å². The molecule has 0 amide bonds. The fraction of sp³-hybridized carbons (Fsp3) is 0.357. The van der Waals surface area contributed by atoms with Crippen molar-refractivity contribution in [2.75, 3.05) is 7.05 Å². The minimum absolute atomic E-state index is 0.0187. The van der Waals surface area contributed by atoms with Crippen LogP contribution in [0, 0.1) is 0 Å². The summed E-state index contributed by atoms with van der Waals surface area (Å²) < 4.78 is 0. The Kier molecular flexibility index (Phi) is 1.98. The van der Waals surface area contributed by atoms with E-state index in [4.69, 9.17) is 0 Å². The van der Waals surface area contributed by atoms with Crippen LogP contribution in [-0.4, -0.2) is 22.5 Å². The van der Waals surface area contributed by atoms with E-state index in [1.54, 1.807) is 6.07 Å². The molecule has 1 saturated heterocycles. The van der Waals surface area contributed by atoms with Crippen LogP contribution in [0.5, 0.6) is 0 Å². The number of nitrogens with one attached hydrogen (secondary N) is 1. The molecule has 3 heteroatoms. The van der Waals surface area contributed by atoms with Crippen LogP contribution in [0.1, 0.15) is 25.5 Å². The average molecular weight is 228 g/mol. The third-order valence-corrected chi connectivity index (χ3v) is 3.97. The summed E-state index contributed by atoms with van der Waals surface area (Å²) in [6.07, 6.45) is 0. The molecule has 2 unspecified atom stereocenters. The number of hydrogen-bond donors (Lipinski definition) is 1. The van der Waals surface area contributed by atoms with E-state index in [-0.39, 0.29) is 11.1 Å². The van der Waals surface area contributed by atoms with Crippen molar-refractivity contribution in [2.24, 2.45) is 0 Å². The maximum absolute atomic E-state index is 11.7. The van der Waals surface area contributed by atoms with Crippen LogP contribution < -0.4 is 5.56 Å². The SMILES string of the molecule is CN1C(c2cc(=O)[nH]c3ccccc23)C1(C)C. The number of aromatic amines is 1. The number of pyridine rings is 1. The highest BCUT2D eigenvalue weighted by Gasteiger charge is 2.53. The second kappa shape index (κ2) is 3.20. The molecule has 1 aliphatic heterocycles. The van der Waals surface area contributed by atoms with Crippen molar-refractivity contribution in [1.82, 2.24) is 9.88 Å². The van der Waals surface area contributed by atoms with E-state index in [1.165, 1.54) is 0 Å². The predicted molar refractivity (Wildman–Crippen MR) is 69.2 cm³/mol. The predicted octanol–water partition coefficient (Wildman–Crippen LogP) is 2.29. The first-order valence-electron chi connectivity index (χ1n) is 5.87. The Morgan fingerprint density at radius 1 is 1.29 bits per heavy atom. The number of likely N-dealkylation sites (N-methyl/N-ethyl adjacent to an activating group) is 1. The third-order valence-electron chi connectivity index (χ3n) is 3.97. The highest BCUT2D eigenvalue weighted by molar-refractivity contribution is 5.83. The molecular weight excluding hydrogens is 212 g/mol. The van der Waals surface area contributed by atoms with Crippen molar-refractivity contribution in [2.45, 2.75) is 25.4 Å². The molecule has 1 aromatic carbocycles. The van der Waals surface area contributed by atoms with Crippen molar-refractivity contribution in [3.05, 3.63) is 46.2 Å². The van der Waals surface area contributed by atoms with Gasteiger partial charge in [-0.2, -0.15) is 0 Å². The molecule has 3 nitrogen and oxygen atoms in total. The topological polar surface area (TPSA) is 35.9 Å². The fourth-order valence-electron chi connectivity index (χ4n) is 2.72. The lowest BCUT2D eigenvalue weighted by Crippen LogP contribution is -2.08. The molecule has 1 aliphatic rings. The number of H-pyrrole nitrogens is 1. The minimum atomic E-state index is -0.0187. The summed E-state index contributed by atoms with van der Waals surface area (Å²) in [6.45, 7) is 4.40. The Morgan fingerprint density at radius 2 is 1.94 bits per heavy atom. The Labute approximate surface area is 100 Å². The van der Waals surface area contributed by atoms with E-state index in [1.807, 2.05) is 18.2 Å². The molecule has 0 bridgehead atoms. The van der Waals surface area contributed by atoms with Gasteiger partial charge in [-0.05, 0) is 32.5 Å². The van der Waals surface area contributed by atoms with Crippen LogP contribution in [0.4, 0.5) is 0 Å². The van der Waals surface area contributed by atoms with E-state index in [2.05, 4.69) is 36.8 Å². The average Bonchev–Trinajstić information content (AvgIpc) is 2.77. The van der Waals surface area contributed by atoms with Gasteiger partial charge in [-0.3, -0.25) is 9.69 Å². The second-order valence-electron chi connectivity index (χ2n) is 5.30. The Hall–Kier alpha value is -1.61. The Bertz CT molecular complexity index is 642. The van der Waals surface area contributed by atoms with E-state index in [0.29, 0.717) is 6.04 Å². The van der Waals surface area contributed by atoms with Crippen LogP contribution in [-0.2, 0) is 0 Å². The fourth-order valence-corrected chi connectivity index (χ4v) is 2.72. The summed E-state index contributed by atoms with van der Waals surface area (Å²) in [5.74, 6) is 0. The van der Waals surface area contributed by atoms with Crippen LogP contribution >= 0.6 is 0 Å². The number of nitrogens with zero attached hydrogens (tertiary/aromatic N) is 1. The number of aromatic nitrogens is 1. The molecule has 1 N–H and O–H groups in total. The van der Waals surface area contributed by atoms with E-state index < -0.39 is 0 Å². The summed E-state index contributed by atoms with van der Waals surface area (Å²) in [4.78, 5) is 16.8. The summed E-state index contributed by atoms with van der Waals surface area (Å²) in [7, 11) is 2.10. The van der Waals surface area contributed by atoms with Crippen LogP contribution in [0.15, 0.2) is 35.1 Å². The van der Waals surface area contributed by atoms with Gasteiger partial charge in [-0.1, -0.05) is 18.2 Å². The van der Waals surface area contributed by atoms with E-state index in [0.717, 1.165) is 16.5 Å². The van der Waals surface area contributed by atoms with Crippen LogP contribution in [0.25, 0.3) is 10.9 Å². The number of benzene rings is 1. The zero-order valence-electron chi connectivity index (χ0n) is 10.3. The van der Waals surface area contributed by atoms with Crippen LogP contribution in [0.3, 0.4) is 0 Å². The molecule has 17 heavy (non-hydrogen) atoms. The Morgan fingerprint density at radius 3 is 2.59 bits per heavy atom. The highest BCUT2D eigenvalue weighted by atomic mass is 16.1. The zero-order chi connectivity index (χ0) is 12.2. The van der Waals surface area contributed by atoms with Gasteiger partial charge in [0.25, 0.3) is 0 Å². The second-order valence-corrected chi connectivity index (χ2v) is 5.30. The molecular formula is C14H16N2O. The van der Waals surface area contributed by atoms with Gasteiger partial charge in [-0.15, -0.1) is 0 Å². The van der Waals surface area contributed by atoms with E-state index in [9.17, 15) is 4.79 Å². The molecule has 2 aromatic rings. The smallest absolute Gasteiger partial charge is 0.248 e. The van der Waals surface area contributed by atoms with Gasteiger partial charge in [-0.25, -0.2) is 0 Å². The van der Waals surface area contributed by atoms with Gasteiger partial charge in [0.1, 0.15) is 0 Å². The lowest BCUT2D eigenvalue weighted by molar-refractivity contribution is 0.524. The molecule has 1 aromatic heterocycles. The highest BCUT2D eigenvalue weighted by Crippen LogP contribution is 2.52. The van der Waals surface area contributed by atoms with Gasteiger partial charge in [0, 0.05) is 22.5 Å². The maximum Gasteiger partial charge on any atom is 0.248 e. The summed E-state index contributed by atoms with van der Waals surface area (Å²) >= 11 is 0. The summed E-state index contributed by atoms with van der Waals surface area (Å²) in [5.41, 5.74) is 2.19. The van der Waals surface area contributed by atoms with Gasteiger partial charge in [0.2, 0.25) is 5.56 Å². The molecule has 0 aliphatic carbocycles. The van der Waals surface area contributed by atoms with Crippen LogP contribution in [0.2, 0.25) is 0 Å². The Balaban J connectivity index is 2.27. The molecule has 1 fully saturated rings. The van der Waals surface area contributed by atoms with E-state index >= 15 is 0 Å². The molecule has 0 saturated carbocycles. The molecule has 2 atom stereocenters. The summed E-state index contributed by atoms with van der Waals surface area (Å²) in [6, 6.07) is 10.1. The van der Waals surface area contributed by atoms with Crippen molar-refractivity contribution in [3.8, 4) is 0 Å². The molecule has 3 rings (SSSR count). The quantitative estimate of drug-likeness (QED) is 0.760. The third kappa shape index (κ3) is 1.42. The van der Waals surface area contributed by atoms with Crippen molar-refractivity contribution in [1.29, 1.82) is 0 Å². The zero-order valence-corrected chi connectivity index (χ0v) is 10.3. The molecule has 2 heterocycles. The first-order chi connectivity index (χ1) is 8.01. The largest absolute Gasteiger partial charge is 0.322 e. The first kappa shape index (κ1) is 10.5.